The van der Waals surface area contributed by atoms with Crippen LogP contribution in [-0.4, -0.2) is 21.0 Å². The van der Waals surface area contributed by atoms with Crippen LogP contribution in [0.15, 0.2) is 59.4 Å². The summed E-state index contributed by atoms with van der Waals surface area (Å²) in [5.74, 6) is 0.522. The summed E-state index contributed by atoms with van der Waals surface area (Å²) in [6, 6.07) is 16.1. The largest absolute Gasteiger partial charge is 0.357 e. The summed E-state index contributed by atoms with van der Waals surface area (Å²) < 4.78 is 4.77. The fraction of sp³-hybridized carbons (Fsp3) is 0.227. The maximum atomic E-state index is 12.9. The van der Waals surface area contributed by atoms with Crippen LogP contribution < -0.4 is 5.32 Å². The average molecular weight is 372 g/mol. The summed E-state index contributed by atoms with van der Waals surface area (Å²) in [7, 11) is 0. The monoisotopic (exact) mass is 372 g/mol. The predicted molar refractivity (Wildman–Crippen MR) is 106 cm³/mol. The molecule has 6 heteroatoms. The minimum atomic E-state index is -0.116. The predicted octanol–water partition coefficient (Wildman–Crippen LogP) is 3.95. The summed E-state index contributed by atoms with van der Waals surface area (Å²) in [5, 5.41) is 8.17. The Bertz CT molecular complexity index is 1110. The quantitative estimate of drug-likeness (QED) is 0.568. The van der Waals surface area contributed by atoms with Crippen molar-refractivity contribution in [3.05, 3.63) is 71.7 Å². The number of amides is 1. The van der Waals surface area contributed by atoms with Crippen molar-refractivity contribution in [1.29, 1.82) is 0 Å². The molecule has 6 nitrogen and oxygen atoms in total. The fourth-order valence-electron chi connectivity index (χ4n) is 4.06. The first-order valence-corrected chi connectivity index (χ1v) is 9.52. The van der Waals surface area contributed by atoms with Gasteiger partial charge in [0.25, 0.3) is 0 Å². The van der Waals surface area contributed by atoms with E-state index in [1.54, 1.807) is 0 Å². The SMILES string of the molecule is O=C(NCc1ccc(-c2ncon2)cc1)C1CCCc2c1[nH]c1ccccc21. The number of benzene rings is 2. The van der Waals surface area contributed by atoms with Crippen LogP contribution in [0.25, 0.3) is 22.3 Å². The number of rotatable bonds is 4. The van der Waals surface area contributed by atoms with Gasteiger partial charge in [0, 0.05) is 28.7 Å². The van der Waals surface area contributed by atoms with Crippen LogP contribution in [0.4, 0.5) is 0 Å². The van der Waals surface area contributed by atoms with Crippen LogP contribution in [0.1, 0.15) is 35.6 Å². The number of nitrogens with zero attached hydrogens (tertiary/aromatic N) is 2. The maximum absolute atomic E-state index is 12.9. The van der Waals surface area contributed by atoms with E-state index >= 15 is 0 Å². The van der Waals surface area contributed by atoms with E-state index in [0.717, 1.165) is 41.6 Å². The first-order valence-electron chi connectivity index (χ1n) is 9.52. The summed E-state index contributed by atoms with van der Waals surface area (Å²) in [5.41, 5.74) is 5.42. The molecule has 0 saturated heterocycles. The summed E-state index contributed by atoms with van der Waals surface area (Å²) in [6.45, 7) is 0.497. The zero-order valence-corrected chi connectivity index (χ0v) is 15.3. The van der Waals surface area contributed by atoms with Crippen LogP contribution in [0.2, 0.25) is 0 Å². The molecule has 2 heterocycles. The topological polar surface area (TPSA) is 83.8 Å². The number of fused-ring (bicyclic) bond motifs is 3. The number of aryl methyl sites for hydroxylation is 1. The van der Waals surface area contributed by atoms with Crippen molar-refractivity contribution < 1.29 is 9.32 Å². The smallest absolute Gasteiger partial charge is 0.229 e. The number of H-pyrrole nitrogens is 1. The van der Waals surface area contributed by atoms with Gasteiger partial charge in [0.05, 0.1) is 5.92 Å². The van der Waals surface area contributed by atoms with Crippen molar-refractivity contribution in [2.75, 3.05) is 0 Å². The van der Waals surface area contributed by atoms with Gasteiger partial charge in [-0.2, -0.15) is 4.98 Å². The first-order chi connectivity index (χ1) is 13.8. The molecule has 0 saturated carbocycles. The van der Waals surface area contributed by atoms with Gasteiger partial charge in [0.15, 0.2) is 0 Å². The van der Waals surface area contributed by atoms with Crippen LogP contribution in [0.3, 0.4) is 0 Å². The standard InChI is InChI=1S/C22H20N4O2/c27-22(23-12-14-8-10-15(11-9-14)21-24-13-28-26-21)18-6-3-5-17-16-4-1-2-7-19(16)25-20(17)18/h1-2,4,7-11,13,18,25H,3,5-6,12H2,(H,23,27). The number of hydrogen-bond acceptors (Lipinski definition) is 4. The zero-order valence-electron chi connectivity index (χ0n) is 15.3. The third-order valence-electron chi connectivity index (χ3n) is 5.47. The molecule has 1 aliphatic carbocycles. The molecule has 1 unspecified atom stereocenters. The van der Waals surface area contributed by atoms with Crippen molar-refractivity contribution in [2.45, 2.75) is 31.7 Å². The third kappa shape index (κ3) is 2.97. The van der Waals surface area contributed by atoms with E-state index in [2.05, 4.69) is 38.6 Å². The Labute approximate surface area is 162 Å². The molecule has 28 heavy (non-hydrogen) atoms. The number of carbonyl (C=O) groups excluding carboxylic acids is 1. The van der Waals surface area contributed by atoms with Crippen molar-refractivity contribution >= 4 is 16.8 Å². The van der Waals surface area contributed by atoms with Gasteiger partial charge in [-0.05, 0) is 36.5 Å². The number of carbonyl (C=O) groups is 1. The van der Waals surface area contributed by atoms with Gasteiger partial charge in [-0.1, -0.05) is 47.6 Å². The molecule has 1 aliphatic rings. The maximum Gasteiger partial charge on any atom is 0.229 e. The lowest BCUT2D eigenvalue weighted by Gasteiger charge is -2.22. The molecule has 0 aliphatic heterocycles. The highest BCUT2D eigenvalue weighted by Gasteiger charge is 2.29. The summed E-state index contributed by atoms with van der Waals surface area (Å²) in [4.78, 5) is 20.4. The molecule has 2 N–H and O–H groups in total. The Kier molecular flexibility index (Phi) is 4.16. The van der Waals surface area contributed by atoms with Crippen LogP contribution in [0.5, 0.6) is 0 Å². The number of nitrogens with one attached hydrogen (secondary N) is 2. The van der Waals surface area contributed by atoms with Gasteiger partial charge in [0.2, 0.25) is 18.1 Å². The number of aromatic nitrogens is 3. The lowest BCUT2D eigenvalue weighted by atomic mass is 9.86. The second-order valence-electron chi connectivity index (χ2n) is 7.18. The molecule has 1 amide bonds. The van der Waals surface area contributed by atoms with Gasteiger partial charge in [-0.25, -0.2) is 0 Å². The van der Waals surface area contributed by atoms with Crippen LogP contribution in [0, 0.1) is 0 Å². The molecular weight excluding hydrogens is 352 g/mol. The Morgan fingerprint density at radius 3 is 2.86 bits per heavy atom. The molecule has 2 aromatic carbocycles. The Hall–Kier alpha value is -3.41. The minimum Gasteiger partial charge on any atom is -0.357 e. The van der Waals surface area contributed by atoms with Gasteiger partial charge in [0.1, 0.15) is 0 Å². The second kappa shape index (κ2) is 6.96. The average Bonchev–Trinajstić information content (AvgIpc) is 3.40. The van der Waals surface area contributed by atoms with E-state index in [4.69, 9.17) is 4.52 Å². The number of hydrogen-bond donors (Lipinski definition) is 2. The van der Waals surface area contributed by atoms with E-state index < -0.39 is 0 Å². The molecule has 0 fully saturated rings. The Morgan fingerprint density at radius 2 is 2.04 bits per heavy atom. The fourth-order valence-corrected chi connectivity index (χ4v) is 4.06. The molecule has 2 aromatic heterocycles. The Balaban J connectivity index is 1.30. The van der Waals surface area contributed by atoms with Gasteiger partial charge in [-0.3, -0.25) is 4.79 Å². The third-order valence-corrected chi connectivity index (χ3v) is 5.47. The molecule has 140 valence electrons. The summed E-state index contributed by atoms with van der Waals surface area (Å²) in [6.07, 6.45) is 4.25. The van der Waals surface area contributed by atoms with Crippen LogP contribution in [-0.2, 0) is 17.8 Å². The van der Waals surface area contributed by atoms with E-state index in [0.29, 0.717) is 12.4 Å². The van der Waals surface area contributed by atoms with Crippen molar-refractivity contribution in [2.24, 2.45) is 0 Å². The lowest BCUT2D eigenvalue weighted by molar-refractivity contribution is -0.123. The number of para-hydroxylation sites is 1. The minimum absolute atomic E-state index is 0.0785. The highest BCUT2D eigenvalue weighted by atomic mass is 16.5. The van der Waals surface area contributed by atoms with Crippen molar-refractivity contribution in [1.82, 2.24) is 20.4 Å². The van der Waals surface area contributed by atoms with E-state index in [1.807, 2.05) is 30.3 Å². The summed E-state index contributed by atoms with van der Waals surface area (Å²) >= 11 is 0. The first kappa shape index (κ1) is 16.7. The lowest BCUT2D eigenvalue weighted by Crippen LogP contribution is -2.31. The van der Waals surface area contributed by atoms with E-state index in [-0.39, 0.29) is 11.8 Å². The number of aromatic amines is 1. The Morgan fingerprint density at radius 1 is 1.18 bits per heavy atom. The molecule has 0 bridgehead atoms. The highest BCUT2D eigenvalue weighted by Crippen LogP contribution is 2.36. The van der Waals surface area contributed by atoms with Crippen LogP contribution >= 0.6 is 0 Å². The van der Waals surface area contributed by atoms with E-state index in [9.17, 15) is 4.79 Å². The van der Waals surface area contributed by atoms with Crippen molar-refractivity contribution in [3.63, 3.8) is 0 Å². The molecule has 4 aromatic rings. The molecule has 0 spiro atoms. The molecule has 1 atom stereocenters. The van der Waals surface area contributed by atoms with Crippen molar-refractivity contribution in [3.8, 4) is 11.4 Å². The highest BCUT2D eigenvalue weighted by molar-refractivity contribution is 5.90. The van der Waals surface area contributed by atoms with E-state index in [1.165, 1.54) is 17.3 Å². The molecule has 0 radical (unpaired) electrons. The van der Waals surface area contributed by atoms with Gasteiger partial charge < -0.3 is 14.8 Å². The van der Waals surface area contributed by atoms with Gasteiger partial charge >= 0.3 is 0 Å². The molecule has 5 rings (SSSR count). The normalized spacial score (nSPS) is 16.1. The zero-order chi connectivity index (χ0) is 18.9. The molecular formula is C22H20N4O2. The van der Waals surface area contributed by atoms with Gasteiger partial charge in [-0.15, -0.1) is 0 Å². The second-order valence-corrected chi connectivity index (χ2v) is 7.18.